The number of hydrogen-bond acceptors (Lipinski definition) is 6. The summed E-state index contributed by atoms with van der Waals surface area (Å²) in [6, 6.07) is 12.8. The molecule has 0 aliphatic heterocycles. The lowest BCUT2D eigenvalue weighted by Gasteiger charge is -2.15. The van der Waals surface area contributed by atoms with Gasteiger partial charge in [0.05, 0.1) is 17.2 Å². The number of halogens is 1. The standard InChI is InChI=1S/C24H21FN2O5S/c1-15(2)31-20-12-18(25)5-8-23(20)33(29,30)19-6-3-16(4-7-19)13-27-24(28)21-11-17-9-10-26-14-22(17)32-21/h3-12,14-15H,13H2,1-2H3,(H,27,28). The Hall–Kier alpha value is -3.72. The number of fused-ring (bicyclic) bond motifs is 1. The molecule has 2 heterocycles. The van der Waals surface area contributed by atoms with E-state index in [1.165, 1.54) is 24.4 Å². The predicted molar refractivity (Wildman–Crippen MR) is 119 cm³/mol. The van der Waals surface area contributed by atoms with Crippen molar-refractivity contribution < 1.29 is 26.8 Å². The molecule has 170 valence electrons. The average Bonchev–Trinajstić information content (AvgIpc) is 3.22. The number of furan rings is 1. The molecule has 7 nitrogen and oxygen atoms in total. The van der Waals surface area contributed by atoms with Crippen molar-refractivity contribution in [3.8, 4) is 5.75 Å². The molecule has 0 bridgehead atoms. The SMILES string of the molecule is CC(C)Oc1cc(F)ccc1S(=O)(=O)c1ccc(CNC(=O)c2cc3ccncc3o2)cc1. The van der Waals surface area contributed by atoms with Gasteiger partial charge in [0.25, 0.3) is 5.91 Å². The number of aromatic nitrogens is 1. The Morgan fingerprint density at radius 1 is 1.12 bits per heavy atom. The van der Waals surface area contributed by atoms with Gasteiger partial charge in [-0.05, 0) is 55.8 Å². The second-order valence-electron chi connectivity index (χ2n) is 7.61. The van der Waals surface area contributed by atoms with Crippen LogP contribution < -0.4 is 10.1 Å². The normalized spacial score (nSPS) is 11.6. The number of carbonyl (C=O) groups is 1. The first-order valence-electron chi connectivity index (χ1n) is 10.2. The summed E-state index contributed by atoms with van der Waals surface area (Å²) in [6.45, 7) is 3.63. The van der Waals surface area contributed by atoms with Gasteiger partial charge in [0.1, 0.15) is 16.5 Å². The van der Waals surface area contributed by atoms with Crippen molar-refractivity contribution in [3.05, 3.63) is 84.1 Å². The van der Waals surface area contributed by atoms with Gasteiger partial charge in [0, 0.05) is 24.2 Å². The van der Waals surface area contributed by atoms with Gasteiger partial charge in [-0.3, -0.25) is 9.78 Å². The third-order valence-corrected chi connectivity index (χ3v) is 6.60. The Morgan fingerprint density at radius 3 is 2.58 bits per heavy atom. The van der Waals surface area contributed by atoms with Crippen LogP contribution in [0.4, 0.5) is 4.39 Å². The first-order valence-corrected chi connectivity index (χ1v) is 11.6. The number of carbonyl (C=O) groups excluding carboxylic acids is 1. The summed E-state index contributed by atoms with van der Waals surface area (Å²) in [5.41, 5.74) is 1.21. The van der Waals surface area contributed by atoms with Crippen molar-refractivity contribution in [1.82, 2.24) is 10.3 Å². The van der Waals surface area contributed by atoms with Gasteiger partial charge in [0.15, 0.2) is 11.3 Å². The Labute approximate surface area is 190 Å². The summed E-state index contributed by atoms with van der Waals surface area (Å²) < 4.78 is 50.9. The van der Waals surface area contributed by atoms with E-state index in [1.54, 1.807) is 44.3 Å². The molecule has 2 aromatic heterocycles. The fourth-order valence-corrected chi connectivity index (χ4v) is 4.60. The lowest BCUT2D eigenvalue weighted by molar-refractivity contribution is 0.0925. The number of ether oxygens (including phenoxy) is 1. The average molecular weight is 469 g/mol. The number of pyridine rings is 1. The molecule has 33 heavy (non-hydrogen) atoms. The van der Waals surface area contributed by atoms with E-state index in [0.29, 0.717) is 11.1 Å². The maximum atomic E-state index is 13.7. The molecule has 2 aromatic carbocycles. The highest BCUT2D eigenvalue weighted by Gasteiger charge is 2.23. The number of amides is 1. The fourth-order valence-electron chi connectivity index (χ4n) is 3.23. The van der Waals surface area contributed by atoms with Crippen molar-refractivity contribution in [2.45, 2.75) is 36.3 Å². The number of hydrogen-bond donors (Lipinski definition) is 1. The zero-order valence-electron chi connectivity index (χ0n) is 17.9. The smallest absolute Gasteiger partial charge is 0.287 e. The van der Waals surface area contributed by atoms with Crippen LogP contribution in [0.2, 0.25) is 0 Å². The summed E-state index contributed by atoms with van der Waals surface area (Å²) in [5, 5.41) is 3.51. The predicted octanol–water partition coefficient (Wildman–Crippen LogP) is 4.52. The maximum Gasteiger partial charge on any atom is 0.287 e. The molecule has 9 heteroatoms. The molecule has 4 aromatic rings. The van der Waals surface area contributed by atoms with E-state index < -0.39 is 21.6 Å². The van der Waals surface area contributed by atoms with Gasteiger partial charge in [-0.15, -0.1) is 0 Å². The van der Waals surface area contributed by atoms with Crippen LogP contribution in [0.1, 0.15) is 30.0 Å². The number of nitrogens with one attached hydrogen (secondary N) is 1. The maximum absolute atomic E-state index is 13.7. The number of rotatable bonds is 7. The largest absolute Gasteiger partial charge is 0.490 e. The van der Waals surface area contributed by atoms with Crippen LogP contribution in [-0.2, 0) is 16.4 Å². The van der Waals surface area contributed by atoms with Crippen molar-refractivity contribution in [2.75, 3.05) is 0 Å². The molecule has 0 saturated carbocycles. The van der Waals surface area contributed by atoms with E-state index in [2.05, 4.69) is 10.3 Å². The van der Waals surface area contributed by atoms with Crippen LogP contribution in [0.5, 0.6) is 5.75 Å². The Kier molecular flexibility index (Phi) is 6.15. The minimum absolute atomic E-state index is 0.0302. The number of sulfone groups is 1. The molecule has 1 amide bonds. The van der Waals surface area contributed by atoms with Gasteiger partial charge < -0.3 is 14.5 Å². The van der Waals surface area contributed by atoms with Crippen LogP contribution in [0.25, 0.3) is 11.0 Å². The summed E-state index contributed by atoms with van der Waals surface area (Å²) in [4.78, 5) is 16.3. The number of nitrogens with zero attached hydrogens (tertiary/aromatic N) is 1. The van der Waals surface area contributed by atoms with Gasteiger partial charge in [-0.2, -0.15) is 0 Å². The van der Waals surface area contributed by atoms with Crippen molar-refractivity contribution in [1.29, 1.82) is 0 Å². The summed E-state index contributed by atoms with van der Waals surface area (Å²) >= 11 is 0. The van der Waals surface area contributed by atoms with E-state index in [-0.39, 0.29) is 33.9 Å². The molecule has 0 aliphatic carbocycles. The molecule has 0 saturated heterocycles. The summed E-state index contributed by atoms with van der Waals surface area (Å²) in [6.07, 6.45) is 2.82. The molecule has 0 fully saturated rings. The topological polar surface area (TPSA) is 98.5 Å². The highest BCUT2D eigenvalue weighted by molar-refractivity contribution is 7.91. The zero-order chi connectivity index (χ0) is 23.6. The molecular formula is C24H21FN2O5S. The number of benzene rings is 2. The van der Waals surface area contributed by atoms with E-state index >= 15 is 0 Å². The Balaban J connectivity index is 1.49. The molecular weight excluding hydrogens is 447 g/mol. The molecule has 0 spiro atoms. The Bertz CT molecular complexity index is 1380. The third kappa shape index (κ3) is 4.88. The molecule has 4 rings (SSSR count). The highest BCUT2D eigenvalue weighted by atomic mass is 32.2. The van der Waals surface area contributed by atoms with Gasteiger partial charge in [0.2, 0.25) is 9.84 Å². The minimum atomic E-state index is -3.94. The lowest BCUT2D eigenvalue weighted by Crippen LogP contribution is -2.22. The fraction of sp³-hybridized carbons (Fsp3) is 0.167. The quantitative estimate of drug-likeness (QED) is 0.401. The van der Waals surface area contributed by atoms with E-state index in [9.17, 15) is 17.6 Å². The first-order chi connectivity index (χ1) is 15.7. The first kappa shape index (κ1) is 22.5. The van der Waals surface area contributed by atoms with Crippen LogP contribution in [-0.4, -0.2) is 25.4 Å². The molecule has 0 aliphatic rings. The van der Waals surface area contributed by atoms with Crippen molar-refractivity contribution in [2.24, 2.45) is 0 Å². The lowest BCUT2D eigenvalue weighted by atomic mass is 10.2. The van der Waals surface area contributed by atoms with Crippen molar-refractivity contribution >= 4 is 26.7 Å². The molecule has 0 atom stereocenters. The van der Waals surface area contributed by atoms with Crippen molar-refractivity contribution in [3.63, 3.8) is 0 Å². The summed E-state index contributed by atoms with van der Waals surface area (Å²) in [7, 11) is -3.94. The molecule has 1 N–H and O–H groups in total. The highest BCUT2D eigenvalue weighted by Crippen LogP contribution is 2.31. The second-order valence-corrected chi connectivity index (χ2v) is 9.53. The molecule has 0 unspecified atom stereocenters. The molecule has 0 radical (unpaired) electrons. The van der Waals surface area contributed by atoms with E-state index in [4.69, 9.17) is 9.15 Å². The van der Waals surface area contributed by atoms with E-state index in [1.807, 2.05) is 0 Å². The second kappa shape index (κ2) is 9.03. The van der Waals surface area contributed by atoms with Crippen LogP contribution in [0.15, 0.2) is 81.2 Å². The zero-order valence-corrected chi connectivity index (χ0v) is 18.7. The monoisotopic (exact) mass is 468 g/mol. The third-order valence-electron chi connectivity index (χ3n) is 4.79. The van der Waals surface area contributed by atoms with Gasteiger partial charge in [-0.1, -0.05) is 12.1 Å². The van der Waals surface area contributed by atoms with Crippen LogP contribution >= 0.6 is 0 Å². The summed E-state index contributed by atoms with van der Waals surface area (Å²) in [5.74, 6) is -0.866. The van der Waals surface area contributed by atoms with E-state index in [0.717, 1.165) is 17.5 Å². The van der Waals surface area contributed by atoms with Crippen LogP contribution in [0, 0.1) is 5.82 Å². The Morgan fingerprint density at radius 2 is 1.88 bits per heavy atom. The minimum Gasteiger partial charge on any atom is -0.490 e. The van der Waals surface area contributed by atoms with Gasteiger partial charge in [-0.25, -0.2) is 12.8 Å². The van der Waals surface area contributed by atoms with Gasteiger partial charge >= 0.3 is 0 Å². The van der Waals surface area contributed by atoms with Crippen LogP contribution in [0.3, 0.4) is 0 Å².